The highest BCUT2D eigenvalue weighted by Crippen LogP contribution is 2.36. The maximum atomic E-state index is 12.2. The van der Waals surface area contributed by atoms with Gasteiger partial charge < -0.3 is 19.7 Å². The number of amides is 1. The molecule has 0 saturated carbocycles. The number of fused-ring (bicyclic) bond motifs is 1. The van der Waals surface area contributed by atoms with Crippen molar-refractivity contribution in [3.63, 3.8) is 0 Å². The first kappa shape index (κ1) is 20.2. The van der Waals surface area contributed by atoms with Gasteiger partial charge in [-0.3, -0.25) is 4.79 Å². The molecule has 1 aliphatic rings. The Morgan fingerprint density at radius 3 is 2.87 bits per heavy atom. The van der Waals surface area contributed by atoms with E-state index < -0.39 is 0 Å². The van der Waals surface area contributed by atoms with E-state index in [0.717, 1.165) is 47.2 Å². The van der Waals surface area contributed by atoms with Gasteiger partial charge in [-0.2, -0.15) is 0 Å². The van der Waals surface area contributed by atoms with Crippen LogP contribution < -0.4 is 15.0 Å². The summed E-state index contributed by atoms with van der Waals surface area (Å²) in [5, 5.41) is 5.07. The Kier molecular flexibility index (Phi) is 6.14. The van der Waals surface area contributed by atoms with Crippen LogP contribution in [0.3, 0.4) is 0 Å². The van der Waals surface area contributed by atoms with E-state index in [1.807, 2.05) is 49.3 Å². The minimum absolute atomic E-state index is 0.0297. The molecule has 3 aromatic rings. The van der Waals surface area contributed by atoms with Gasteiger partial charge in [-0.1, -0.05) is 24.3 Å². The third-order valence-electron chi connectivity index (χ3n) is 5.26. The predicted octanol–water partition coefficient (Wildman–Crippen LogP) is 3.64. The second kappa shape index (κ2) is 9.13. The molecule has 0 radical (unpaired) electrons. The number of benzene rings is 2. The number of anilines is 1. The maximum absolute atomic E-state index is 12.2. The summed E-state index contributed by atoms with van der Waals surface area (Å²) in [5.74, 6) is 1.40. The molecule has 1 unspecified atom stereocenters. The predicted molar refractivity (Wildman–Crippen MR) is 119 cm³/mol. The van der Waals surface area contributed by atoms with Gasteiger partial charge >= 0.3 is 0 Å². The van der Waals surface area contributed by atoms with Gasteiger partial charge in [0.1, 0.15) is 11.6 Å². The van der Waals surface area contributed by atoms with Crippen LogP contribution in [0.4, 0.5) is 5.82 Å². The van der Waals surface area contributed by atoms with E-state index in [-0.39, 0.29) is 18.6 Å². The zero-order valence-electron chi connectivity index (χ0n) is 17.4. The SMILES string of the molecule is CN(C)c1ncccc1-c1cc(OCC(=O)NCC2CCCO2)cc2ccccc12. The average Bonchev–Trinajstić information content (AvgIpc) is 3.29. The Morgan fingerprint density at radius 2 is 2.07 bits per heavy atom. The number of aromatic nitrogens is 1. The molecule has 0 spiro atoms. The zero-order valence-corrected chi connectivity index (χ0v) is 17.4. The fourth-order valence-corrected chi connectivity index (χ4v) is 3.79. The van der Waals surface area contributed by atoms with Crippen LogP contribution in [0.2, 0.25) is 0 Å². The normalized spacial score (nSPS) is 15.9. The van der Waals surface area contributed by atoms with Gasteiger partial charge in [-0.05, 0) is 53.4 Å². The van der Waals surface area contributed by atoms with Crippen molar-refractivity contribution in [3.05, 3.63) is 54.7 Å². The smallest absolute Gasteiger partial charge is 0.258 e. The summed E-state index contributed by atoms with van der Waals surface area (Å²) in [4.78, 5) is 18.8. The van der Waals surface area contributed by atoms with Crippen molar-refractivity contribution in [3.8, 4) is 16.9 Å². The van der Waals surface area contributed by atoms with Crippen molar-refractivity contribution >= 4 is 22.5 Å². The highest BCUT2D eigenvalue weighted by Gasteiger charge is 2.17. The fraction of sp³-hybridized carbons (Fsp3) is 0.333. The van der Waals surface area contributed by atoms with Crippen LogP contribution in [0.1, 0.15) is 12.8 Å². The summed E-state index contributed by atoms with van der Waals surface area (Å²) in [6.07, 6.45) is 3.96. The van der Waals surface area contributed by atoms with Gasteiger partial charge in [-0.25, -0.2) is 4.98 Å². The molecule has 1 fully saturated rings. The monoisotopic (exact) mass is 405 g/mol. The van der Waals surface area contributed by atoms with E-state index >= 15 is 0 Å². The largest absolute Gasteiger partial charge is 0.484 e. The highest BCUT2D eigenvalue weighted by atomic mass is 16.5. The van der Waals surface area contributed by atoms with Gasteiger partial charge in [0.05, 0.1) is 6.10 Å². The first-order chi connectivity index (χ1) is 14.6. The minimum atomic E-state index is -0.143. The molecule has 0 bridgehead atoms. The van der Waals surface area contributed by atoms with Gasteiger partial charge in [0.25, 0.3) is 5.91 Å². The molecule has 1 atom stereocenters. The molecular formula is C24H27N3O3. The summed E-state index contributed by atoms with van der Waals surface area (Å²) in [7, 11) is 3.96. The number of hydrogen-bond acceptors (Lipinski definition) is 5. The third-order valence-corrected chi connectivity index (χ3v) is 5.26. The number of carbonyl (C=O) groups is 1. The molecular weight excluding hydrogens is 378 g/mol. The topological polar surface area (TPSA) is 63.7 Å². The number of carbonyl (C=O) groups excluding carboxylic acids is 1. The van der Waals surface area contributed by atoms with Crippen LogP contribution in [0.15, 0.2) is 54.7 Å². The standard InChI is InChI=1S/C24H27N3O3/c1-27(2)24-21(10-5-11-25-24)22-14-19(13-17-7-3-4-9-20(17)22)30-16-23(28)26-15-18-8-6-12-29-18/h3-5,7,9-11,13-14,18H,6,8,12,15-16H2,1-2H3,(H,26,28). The van der Waals surface area contributed by atoms with Crippen molar-refractivity contribution < 1.29 is 14.3 Å². The molecule has 6 heteroatoms. The molecule has 1 aromatic heterocycles. The van der Waals surface area contributed by atoms with Crippen molar-refractivity contribution in [1.82, 2.24) is 10.3 Å². The van der Waals surface area contributed by atoms with E-state index in [2.05, 4.69) is 28.5 Å². The first-order valence-corrected chi connectivity index (χ1v) is 10.3. The molecule has 0 aliphatic carbocycles. The molecule has 2 heterocycles. The van der Waals surface area contributed by atoms with Crippen LogP contribution in [0.25, 0.3) is 21.9 Å². The molecule has 2 aromatic carbocycles. The van der Waals surface area contributed by atoms with Gasteiger partial charge in [0.15, 0.2) is 6.61 Å². The number of ether oxygens (including phenoxy) is 2. The Labute approximate surface area is 176 Å². The summed E-state index contributed by atoms with van der Waals surface area (Å²) < 4.78 is 11.4. The van der Waals surface area contributed by atoms with Gasteiger partial charge in [0, 0.05) is 39.0 Å². The maximum Gasteiger partial charge on any atom is 0.258 e. The number of pyridine rings is 1. The fourth-order valence-electron chi connectivity index (χ4n) is 3.79. The van der Waals surface area contributed by atoms with Gasteiger partial charge in [-0.15, -0.1) is 0 Å². The molecule has 1 amide bonds. The van der Waals surface area contributed by atoms with Crippen molar-refractivity contribution in [1.29, 1.82) is 0 Å². The number of rotatable bonds is 7. The lowest BCUT2D eigenvalue weighted by Crippen LogP contribution is -2.35. The first-order valence-electron chi connectivity index (χ1n) is 10.3. The lowest BCUT2D eigenvalue weighted by atomic mass is 9.98. The van der Waals surface area contributed by atoms with Crippen molar-refractivity contribution in [2.24, 2.45) is 0 Å². The molecule has 1 saturated heterocycles. The second-order valence-corrected chi connectivity index (χ2v) is 7.69. The van der Waals surface area contributed by atoms with Crippen molar-refractivity contribution in [2.75, 3.05) is 38.8 Å². The quantitative estimate of drug-likeness (QED) is 0.650. The lowest BCUT2D eigenvalue weighted by Gasteiger charge is -2.18. The molecule has 1 N–H and O–H groups in total. The molecule has 4 rings (SSSR count). The number of nitrogens with one attached hydrogen (secondary N) is 1. The highest BCUT2D eigenvalue weighted by molar-refractivity contribution is 6.00. The van der Waals surface area contributed by atoms with Crippen LogP contribution >= 0.6 is 0 Å². The Bertz CT molecular complexity index is 1030. The van der Waals surface area contributed by atoms with E-state index in [1.165, 1.54) is 0 Å². The van der Waals surface area contributed by atoms with E-state index in [0.29, 0.717) is 12.3 Å². The van der Waals surface area contributed by atoms with Gasteiger partial charge in [0.2, 0.25) is 0 Å². The number of nitrogens with zero attached hydrogens (tertiary/aromatic N) is 2. The molecule has 156 valence electrons. The van der Waals surface area contributed by atoms with E-state index in [9.17, 15) is 4.79 Å². The zero-order chi connectivity index (χ0) is 20.9. The Balaban J connectivity index is 1.57. The summed E-state index contributed by atoms with van der Waals surface area (Å²) in [5.41, 5.74) is 2.05. The van der Waals surface area contributed by atoms with Crippen LogP contribution in [-0.2, 0) is 9.53 Å². The van der Waals surface area contributed by atoms with Crippen LogP contribution in [0, 0.1) is 0 Å². The molecule has 6 nitrogen and oxygen atoms in total. The Morgan fingerprint density at radius 1 is 1.20 bits per heavy atom. The lowest BCUT2D eigenvalue weighted by molar-refractivity contribution is -0.123. The summed E-state index contributed by atoms with van der Waals surface area (Å²) >= 11 is 0. The third kappa shape index (κ3) is 4.54. The van der Waals surface area contributed by atoms with Crippen molar-refractivity contribution in [2.45, 2.75) is 18.9 Å². The summed E-state index contributed by atoms with van der Waals surface area (Å²) in [6.45, 7) is 1.28. The minimum Gasteiger partial charge on any atom is -0.484 e. The molecule has 1 aliphatic heterocycles. The number of hydrogen-bond donors (Lipinski definition) is 1. The Hall–Kier alpha value is -3.12. The van der Waals surface area contributed by atoms with Crippen LogP contribution in [-0.4, -0.2) is 50.8 Å². The second-order valence-electron chi connectivity index (χ2n) is 7.69. The summed E-state index contributed by atoms with van der Waals surface area (Å²) in [6, 6.07) is 16.1. The average molecular weight is 405 g/mol. The molecule has 30 heavy (non-hydrogen) atoms. The van der Waals surface area contributed by atoms with E-state index in [1.54, 1.807) is 6.20 Å². The van der Waals surface area contributed by atoms with E-state index in [4.69, 9.17) is 9.47 Å². The van der Waals surface area contributed by atoms with Crippen LogP contribution in [0.5, 0.6) is 5.75 Å².